The summed E-state index contributed by atoms with van der Waals surface area (Å²) in [6.45, 7) is 7.31. The van der Waals surface area contributed by atoms with E-state index in [1.807, 2.05) is 19.9 Å². The van der Waals surface area contributed by atoms with Crippen molar-refractivity contribution in [2.24, 2.45) is 0 Å². The van der Waals surface area contributed by atoms with Gasteiger partial charge < -0.3 is 14.0 Å². The molecule has 122 valence electrons. The van der Waals surface area contributed by atoms with Crippen LogP contribution in [0.2, 0.25) is 0 Å². The molecule has 2 aromatic rings. The van der Waals surface area contributed by atoms with E-state index < -0.39 is 0 Å². The van der Waals surface area contributed by atoms with E-state index in [1.54, 1.807) is 0 Å². The minimum absolute atomic E-state index is 0.398. The van der Waals surface area contributed by atoms with Crippen molar-refractivity contribution in [3.05, 3.63) is 40.8 Å². The molecule has 5 nitrogen and oxygen atoms in total. The molecule has 0 radical (unpaired) electrons. The van der Waals surface area contributed by atoms with Crippen LogP contribution in [-0.4, -0.2) is 29.8 Å². The third kappa shape index (κ3) is 2.70. The lowest BCUT2D eigenvalue weighted by molar-refractivity contribution is 0.171. The highest BCUT2D eigenvalue weighted by atomic mass is 16.6. The van der Waals surface area contributed by atoms with Crippen LogP contribution in [-0.2, 0) is 6.54 Å². The summed E-state index contributed by atoms with van der Waals surface area (Å²) in [5.41, 5.74) is 3.54. The van der Waals surface area contributed by atoms with Crippen molar-refractivity contribution in [2.45, 2.75) is 39.3 Å². The van der Waals surface area contributed by atoms with Crippen molar-refractivity contribution in [3.63, 3.8) is 0 Å². The molecule has 5 heteroatoms. The molecule has 0 aliphatic carbocycles. The number of nitrogens with zero attached hydrogens (tertiary/aromatic N) is 2. The Morgan fingerprint density at radius 1 is 1.17 bits per heavy atom. The van der Waals surface area contributed by atoms with E-state index in [0.29, 0.717) is 19.3 Å². The summed E-state index contributed by atoms with van der Waals surface area (Å²) >= 11 is 0. The van der Waals surface area contributed by atoms with Gasteiger partial charge in [-0.2, -0.15) is 0 Å². The molecule has 1 saturated heterocycles. The van der Waals surface area contributed by atoms with Gasteiger partial charge in [-0.1, -0.05) is 11.2 Å². The quantitative estimate of drug-likeness (QED) is 0.869. The zero-order valence-corrected chi connectivity index (χ0v) is 13.7. The maximum Gasteiger partial charge on any atom is 0.161 e. The van der Waals surface area contributed by atoms with Crippen molar-refractivity contribution in [1.82, 2.24) is 10.1 Å². The molecule has 0 saturated carbocycles. The molecule has 4 rings (SSSR count). The van der Waals surface area contributed by atoms with Gasteiger partial charge in [-0.15, -0.1) is 0 Å². The highest BCUT2D eigenvalue weighted by molar-refractivity contribution is 5.44. The lowest BCUT2D eigenvalue weighted by Gasteiger charge is -2.25. The average molecular weight is 314 g/mol. The summed E-state index contributed by atoms with van der Waals surface area (Å²) in [4.78, 5) is 2.51. The fourth-order valence-corrected chi connectivity index (χ4v) is 3.73. The number of hydrogen-bond donors (Lipinski definition) is 0. The van der Waals surface area contributed by atoms with Crippen LogP contribution in [0.4, 0.5) is 0 Å². The standard InChI is InChI=1S/C18H22N2O3/c1-12-18(13(2)23-19-12)15-4-3-7-20(15)11-14-5-6-16-17(10-14)22-9-8-21-16/h5-6,10,15H,3-4,7-9,11H2,1-2H3/t15-/m1/s1. The Bertz CT molecular complexity index is 691. The molecule has 0 unspecified atom stereocenters. The van der Waals surface area contributed by atoms with Crippen LogP contribution < -0.4 is 9.47 Å². The van der Waals surface area contributed by atoms with E-state index in [9.17, 15) is 0 Å². The summed E-state index contributed by atoms with van der Waals surface area (Å²) in [6.07, 6.45) is 2.37. The first-order chi connectivity index (χ1) is 11.2. The van der Waals surface area contributed by atoms with Gasteiger partial charge in [0.1, 0.15) is 19.0 Å². The molecule has 0 spiro atoms. The average Bonchev–Trinajstić information content (AvgIpc) is 3.13. The first-order valence-corrected chi connectivity index (χ1v) is 8.28. The first kappa shape index (κ1) is 14.6. The van der Waals surface area contributed by atoms with Gasteiger partial charge in [0.2, 0.25) is 0 Å². The third-order valence-corrected chi connectivity index (χ3v) is 4.78. The highest BCUT2D eigenvalue weighted by Crippen LogP contribution is 2.37. The van der Waals surface area contributed by atoms with Crippen molar-refractivity contribution in [3.8, 4) is 11.5 Å². The first-order valence-electron chi connectivity index (χ1n) is 8.28. The molecule has 1 atom stereocenters. The van der Waals surface area contributed by atoms with Crippen LogP contribution in [0.15, 0.2) is 22.7 Å². The molecule has 23 heavy (non-hydrogen) atoms. The molecule has 0 N–H and O–H groups in total. The minimum Gasteiger partial charge on any atom is -0.486 e. The Morgan fingerprint density at radius 3 is 2.78 bits per heavy atom. The van der Waals surface area contributed by atoms with Crippen LogP contribution in [0.3, 0.4) is 0 Å². The molecular weight excluding hydrogens is 292 g/mol. The fourth-order valence-electron chi connectivity index (χ4n) is 3.73. The smallest absolute Gasteiger partial charge is 0.161 e. The zero-order chi connectivity index (χ0) is 15.8. The summed E-state index contributed by atoms with van der Waals surface area (Å²) in [7, 11) is 0. The van der Waals surface area contributed by atoms with Gasteiger partial charge in [-0.25, -0.2) is 0 Å². The topological polar surface area (TPSA) is 47.7 Å². The Hall–Kier alpha value is -2.01. The van der Waals surface area contributed by atoms with Gasteiger partial charge >= 0.3 is 0 Å². The Morgan fingerprint density at radius 2 is 2.00 bits per heavy atom. The van der Waals surface area contributed by atoms with E-state index in [2.05, 4.69) is 22.2 Å². The lowest BCUT2D eigenvalue weighted by atomic mass is 10.0. The molecule has 0 amide bonds. The van der Waals surface area contributed by atoms with Crippen molar-refractivity contribution >= 4 is 0 Å². The van der Waals surface area contributed by atoms with Crippen LogP contribution in [0.25, 0.3) is 0 Å². The van der Waals surface area contributed by atoms with Gasteiger partial charge in [0.25, 0.3) is 0 Å². The lowest BCUT2D eigenvalue weighted by Crippen LogP contribution is -2.23. The van der Waals surface area contributed by atoms with Crippen LogP contribution in [0, 0.1) is 13.8 Å². The summed E-state index contributed by atoms with van der Waals surface area (Å²) in [5, 5.41) is 4.12. The maximum atomic E-state index is 5.70. The minimum atomic E-state index is 0.398. The SMILES string of the molecule is Cc1noc(C)c1[C@H]1CCCN1Cc1ccc2c(c1)OCCO2. The molecule has 0 bridgehead atoms. The van der Waals surface area contributed by atoms with E-state index in [0.717, 1.165) is 42.5 Å². The fraction of sp³-hybridized carbons (Fsp3) is 0.500. The van der Waals surface area contributed by atoms with Gasteiger partial charge in [0, 0.05) is 18.2 Å². The Labute approximate surface area is 136 Å². The third-order valence-electron chi connectivity index (χ3n) is 4.78. The van der Waals surface area contributed by atoms with Gasteiger partial charge in [-0.05, 0) is 50.9 Å². The number of fused-ring (bicyclic) bond motifs is 1. The Balaban J connectivity index is 1.56. The van der Waals surface area contributed by atoms with Crippen LogP contribution in [0.1, 0.15) is 41.5 Å². The molecule has 3 heterocycles. The van der Waals surface area contributed by atoms with E-state index >= 15 is 0 Å². The molecule has 1 fully saturated rings. The molecular formula is C18H22N2O3. The zero-order valence-electron chi connectivity index (χ0n) is 13.7. The van der Waals surface area contributed by atoms with Crippen LogP contribution >= 0.6 is 0 Å². The van der Waals surface area contributed by atoms with Gasteiger partial charge in [-0.3, -0.25) is 4.90 Å². The monoisotopic (exact) mass is 314 g/mol. The normalized spacial score (nSPS) is 20.9. The predicted octanol–water partition coefficient (Wildman–Crippen LogP) is 3.40. The van der Waals surface area contributed by atoms with Crippen molar-refractivity contribution < 1.29 is 14.0 Å². The highest BCUT2D eigenvalue weighted by Gasteiger charge is 2.30. The predicted molar refractivity (Wildman–Crippen MR) is 85.8 cm³/mol. The van der Waals surface area contributed by atoms with E-state index in [1.165, 1.54) is 17.5 Å². The second kappa shape index (κ2) is 5.89. The molecule has 2 aliphatic heterocycles. The second-order valence-electron chi connectivity index (χ2n) is 6.34. The summed E-state index contributed by atoms with van der Waals surface area (Å²) in [5.74, 6) is 2.66. The van der Waals surface area contributed by atoms with E-state index in [-0.39, 0.29) is 0 Å². The maximum absolute atomic E-state index is 5.70. The largest absolute Gasteiger partial charge is 0.486 e. The van der Waals surface area contributed by atoms with Crippen molar-refractivity contribution in [1.29, 1.82) is 0 Å². The van der Waals surface area contributed by atoms with E-state index in [4.69, 9.17) is 14.0 Å². The number of aryl methyl sites for hydroxylation is 2. The van der Waals surface area contributed by atoms with Gasteiger partial charge in [0.05, 0.1) is 5.69 Å². The van der Waals surface area contributed by atoms with Crippen LogP contribution in [0.5, 0.6) is 11.5 Å². The number of benzene rings is 1. The second-order valence-corrected chi connectivity index (χ2v) is 6.34. The summed E-state index contributed by atoms with van der Waals surface area (Å²) < 4.78 is 16.7. The number of hydrogen-bond acceptors (Lipinski definition) is 5. The molecule has 2 aliphatic rings. The Kier molecular flexibility index (Phi) is 3.73. The summed E-state index contributed by atoms with van der Waals surface area (Å²) in [6, 6.07) is 6.66. The molecule has 1 aromatic heterocycles. The van der Waals surface area contributed by atoms with Crippen molar-refractivity contribution in [2.75, 3.05) is 19.8 Å². The molecule has 1 aromatic carbocycles. The number of aromatic nitrogens is 1. The number of likely N-dealkylation sites (tertiary alicyclic amines) is 1. The number of rotatable bonds is 3. The van der Waals surface area contributed by atoms with Gasteiger partial charge in [0.15, 0.2) is 11.5 Å². The number of ether oxygens (including phenoxy) is 2.